The molecule has 4 aliphatic heterocycles. The number of benzene rings is 3. The van der Waals surface area contributed by atoms with Crippen molar-refractivity contribution < 1.29 is 33.4 Å². The van der Waals surface area contributed by atoms with E-state index in [4.69, 9.17) is 9.47 Å². The van der Waals surface area contributed by atoms with Crippen LogP contribution in [-0.4, -0.2) is 72.3 Å². The second-order valence-corrected chi connectivity index (χ2v) is 14.8. The molecule has 1 N–H and O–H groups in total. The van der Waals surface area contributed by atoms with Gasteiger partial charge in [0.05, 0.1) is 47.8 Å². The van der Waals surface area contributed by atoms with E-state index in [0.717, 1.165) is 58.9 Å². The number of piperidine rings is 1. The zero-order chi connectivity index (χ0) is 38.6. The summed E-state index contributed by atoms with van der Waals surface area (Å²) in [6, 6.07) is 22.0. The summed E-state index contributed by atoms with van der Waals surface area (Å²) in [6.45, 7) is 6.06. The van der Waals surface area contributed by atoms with Gasteiger partial charge in [-0.2, -0.15) is 5.26 Å². The molecule has 8 rings (SSSR count). The zero-order valence-corrected chi connectivity index (χ0v) is 30.6. The molecule has 13 heteroatoms. The van der Waals surface area contributed by atoms with Crippen LogP contribution in [0.15, 0.2) is 72.9 Å². The molecular formula is C42H38N6O7. The zero-order valence-electron chi connectivity index (χ0n) is 30.6. The Hall–Kier alpha value is -6.55. The molecule has 0 bridgehead atoms. The lowest BCUT2D eigenvalue weighted by Gasteiger charge is -2.27. The molecule has 2 atom stereocenters. The summed E-state index contributed by atoms with van der Waals surface area (Å²) >= 11 is 0. The van der Waals surface area contributed by atoms with Crippen LogP contribution in [0, 0.1) is 17.2 Å². The number of hydrogen-bond acceptors (Lipinski definition) is 10. The molecule has 4 aromatic rings. The number of rotatable bonds is 9. The highest BCUT2D eigenvalue weighted by Gasteiger charge is 2.46. The van der Waals surface area contributed by atoms with Crippen LogP contribution in [0.3, 0.4) is 0 Å². The van der Waals surface area contributed by atoms with Crippen molar-refractivity contribution in [1.82, 2.24) is 15.2 Å². The number of anilines is 3. The maximum absolute atomic E-state index is 13.7. The number of carbonyl (C=O) groups excluding carboxylic acids is 5. The van der Waals surface area contributed by atoms with Crippen LogP contribution in [0.4, 0.5) is 17.1 Å². The van der Waals surface area contributed by atoms with Crippen LogP contribution < -0.4 is 24.6 Å². The third-order valence-corrected chi connectivity index (χ3v) is 11.1. The smallest absolute Gasteiger partial charge is 0.262 e. The predicted molar refractivity (Wildman–Crippen MR) is 201 cm³/mol. The van der Waals surface area contributed by atoms with Crippen LogP contribution in [0.1, 0.15) is 71.5 Å². The highest BCUT2D eigenvalue weighted by atomic mass is 16.5. The van der Waals surface area contributed by atoms with E-state index in [1.54, 1.807) is 29.2 Å². The van der Waals surface area contributed by atoms with Gasteiger partial charge in [-0.25, -0.2) is 4.98 Å². The number of methoxy groups -OCH3 is 1. The molecule has 2 saturated heterocycles. The van der Waals surface area contributed by atoms with E-state index in [9.17, 15) is 29.2 Å². The van der Waals surface area contributed by atoms with E-state index in [-0.39, 0.29) is 35.6 Å². The maximum atomic E-state index is 13.7. The van der Waals surface area contributed by atoms with Gasteiger partial charge in [-0.1, -0.05) is 18.2 Å². The Labute approximate surface area is 317 Å². The molecule has 3 aromatic carbocycles. The van der Waals surface area contributed by atoms with Crippen molar-refractivity contribution in [1.29, 1.82) is 5.26 Å². The van der Waals surface area contributed by atoms with E-state index in [1.807, 2.05) is 32.0 Å². The quantitative estimate of drug-likeness (QED) is 0.224. The molecular weight excluding hydrogens is 700 g/mol. The third kappa shape index (κ3) is 6.13. The average molecular weight is 739 g/mol. The van der Waals surface area contributed by atoms with Gasteiger partial charge >= 0.3 is 0 Å². The minimum atomic E-state index is -1.01. The van der Waals surface area contributed by atoms with E-state index in [0.29, 0.717) is 29.7 Å². The van der Waals surface area contributed by atoms with E-state index in [2.05, 4.69) is 45.5 Å². The standard InChI is InChI=1S/C42H38N6O7/c1-42(2)32-18-26(6-11-34(32)47(41(42)53)28-19-36(54-3)33(21-43)44-22-28)25-4-7-27(8-5-25)46-16-14-24(23-46)15-17-55-29-9-10-30-31(20-29)40(52)48(39(30)51)35-12-13-37(49)45-38(35)50/h4-11,18-20,22,24,35H,12-17,23H2,1-3H3,(H,45,49,50). The molecule has 278 valence electrons. The average Bonchev–Trinajstić information content (AvgIpc) is 3.82. The topological polar surface area (TPSA) is 162 Å². The molecule has 55 heavy (non-hydrogen) atoms. The monoisotopic (exact) mass is 738 g/mol. The summed E-state index contributed by atoms with van der Waals surface area (Å²) in [4.78, 5) is 73.0. The van der Waals surface area contributed by atoms with Crippen LogP contribution in [0.25, 0.3) is 11.1 Å². The number of pyridine rings is 1. The molecule has 4 aliphatic rings. The van der Waals surface area contributed by atoms with Crippen molar-refractivity contribution in [3.05, 3.63) is 95.3 Å². The molecule has 2 fully saturated rings. The van der Waals surface area contributed by atoms with Gasteiger partial charge in [-0.05, 0) is 98.2 Å². The van der Waals surface area contributed by atoms with Crippen LogP contribution in [0.2, 0.25) is 0 Å². The van der Waals surface area contributed by atoms with Crippen molar-refractivity contribution in [2.75, 3.05) is 36.6 Å². The van der Waals surface area contributed by atoms with Crippen molar-refractivity contribution in [2.24, 2.45) is 5.92 Å². The first-order valence-electron chi connectivity index (χ1n) is 18.3. The molecule has 5 amide bonds. The lowest BCUT2D eigenvalue weighted by atomic mass is 9.84. The molecule has 0 aliphatic carbocycles. The second-order valence-electron chi connectivity index (χ2n) is 14.8. The minimum absolute atomic E-state index is 0.0677. The van der Waals surface area contributed by atoms with Gasteiger partial charge in [0, 0.05) is 31.3 Å². The van der Waals surface area contributed by atoms with Gasteiger partial charge < -0.3 is 14.4 Å². The number of imide groups is 2. The first-order chi connectivity index (χ1) is 26.5. The summed E-state index contributed by atoms with van der Waals surface area (Å²) < 4.78 is 11.4. The van der Waals surface area contributed by atoms with Crippen LogP contribution in [0.5, 0.6) is 11.5 Å². The van der Waals surface area contributed by atoms with Gasteiger partial charge in [0.2, 0.25) is 17.7 Å². The number of fused-ring (bicyclic) bond motifs is 2. The molecule has 0 saturated carbocycles. The molecule has 0 spiro atoms. The van der Waals surface area contributed by atoms with E-state index < -0.39 is 35.1 Å². The lowest BCUT2D eigenvalue weighted by molar-refractivity contribution is -0.136. The maximum Gasteiger partial charge on any atom is 0.262 e. The normalized spacial score (nSPS) is 20.0. The number of nitrogens with zero attached hydrogens (tertiary/aromatic N) is 5. The number of nitriles is 1. The number of ether oxygens (including phenoxy) is 2. The van der Waals surface area contributed by atoms with Gasteiger partial charge in [0.1, 0.15) is 17.9 Å². The van der Waals surface area contributed by atoms with Gasteiger partial charge in [-0.3, -0.25) is 39.1 Å². The Morgan fingerprint density at radius 1 is 0.909 bits per heavy atom. The summed E-state index contributed by atoms with van der Waals surface area (Å²) in [5.74, 6) is -1.04. The molecule has 0 radical (unpaired) electrons. The van der Waals surface area contributed by atoms with Gasteiger partial charge in [0.15, 0.2) is 11.4 Å². The van der Waals surface area contributed by atoms with Crippen molar-refractivity contribution in [2.45, 2.75) is 51.0 Å². The van der Waals surface area contributed by atoms with E-state index >= 15 is 0 Å². The summed E-state index contributed by atoms with van der Waals surface area (Å²) in [5.41, 5.74) is 5.17. The molecule has 2 unspecified atom stereocenters. The molecule has 1 aromatic heterocycles. The molecule has 5 heterocycles. The lowest BCUT2D eigenvalue weighted by Crippen LogP contribution is -2.54. The van der Waals surface area contributed by atoms with Crippen LogP contribution in [-0.2, 0) is 19.8 Å². The Morgan fingerprint density at radius 3 is 2.42 bits per heavy atom. The number of nitrogens with one attached hydrogen (secondary N) is 1. The van der Waals surface area contributed by atoms with Crippen molar-refractivity contribution in [3.8, 4) is 28.7 Å². The first kappa shape index (κ1) is 35.5. The summed E-state index contributed by atoms with van der Waals surface area (Å²) in [7, 11) is 1.47. The summed E-state index contributed by atoms with van der Waals surface area (Å²) in [6.07, 6.45) is 3.52. The SMILES string of the molecule is COc1cc(N2C(=O)C(C)(C)c3cc(-c4ccc(N5CCC(CCOc6ccc7c(c6)C(=O)N(C6CCC(=O)NC6=O)C7=O)C5)cc4)ccc32)cnc1C#N. The highest BCUT2D eigenvalue weighted by Crippen LogP contribution is 2.47. The van der Waals surface area contributed by atoms with Gasteiger partial charge in [0.25, 0.3) is 11.8 Å². The first-order valence-corrected chi connectivity index (χ1v) is 18.3. The predicted octanol–water partition coefficient (Wildman–Crippen LogP) is 5.28. The minimum Gasteiger partial charge on any atom is -0.494 e. The molecule has 13 nitrogen and oxygen atoms in total. The van der Waals surface area contributed by atoms with Crippen molar-refractivity contribution >= 4 is 46.6 Å². The fourth-order valence-corrected chi connectivity index (χ4v) is 8.02. The fraction of sp³-hybridized carbons (Fsp3) is 0.310. The highest BCUT2D eigenvalue weighted by molar-refractivity contribution is 6.23. The van der Waals surface area contributed by atoms with Crippen LogP contribution >= 0.6 is 0 Å². The Balaban J connectivity index is 0.885. The number of amides is 5. The van der Waals surface area contributed by atoms with Crippen molar-refractivity contribution in [3.63, 3.8) is 0 Å². The number of aromatic nitrogens is 1. The Kier molecular flexibility index (Phi) is 8.84. The van der Waals surface area contributed by atoms with E-state index in [1.165, 1.54) is 13.3 Å². The fourth-order valence-electron chi connectivity index (χ4n) is 8.02. The third-order valence-electron chi connectivity index (χ3n) is 11.1. The Bertz CT molecular complexity index is 2330. The van der Waals surface area contributed by atoms with Gasteiger partial charge in [-0.15, -0.1) is 0 Å². The second kappa shape index (κ2) is 13.7. The summed E-state index contributed by atoms with van der Waals surface area (Å²) in [5, 5.41) is 11.6. The number of carbonyl (C=O) groups is 5. The number of hydrogen-bond donors (Lipinski definition) is 1. The Morgan fingerprint density at radius 2 is 1.67 bits per heavy atom. The largest absolute Gasteiger partial charge is 0.494 e.